The van der Waals surface area contributed by atoms with Gasteiger partial charge < -0.3 is 10.6 Å². The first-order valence-corrected chi connectivity index (χ1v) is 8.67. The molecule has 0 saturated heterocycles. The van der Waals surface area contributed by atoms with Crippen LogP contribution in [0.4, 0.5) is 5.69 Å². The van der Waals surface area contributed by atoms with E-state index >= 15 is 0 Å². The van der Waals surface area contributed by atoms with Crippen LogP contribution in [0.1, 0.15) is 47.1 Å². The zero-order valence-corrected chi connectivity index (χ0v) is 16.2. The third-order valence-corrected chi connectivity index (χ3v) is 3.71. The van der Waals surface area contributed by atoms with Gasteiger partial charge in [0.05, 0.1) is 0 Å². The summed E-state index contributed by atoms with van der Waals surface area (Å²) in [5.41, 5.74) is 2.40. The van der Waals surface area contributed by atoms with Crippen LogP contribution in [-0.2, 0) is 0 Å². The maximum Gasteiger partial charge on any atom is 0.257 e. The number of carbonyl (C=O) groups excluding carboxylic acids is 2. The van der Waals surface area contributed by atoms with E-state index in [0.29, 0.717) is 16.8 Å². The first kappa shape index (κ1) is 19.6. The Kier molecular flexibility index (Phi) is 6.10. The fourth-order valence-corrected chi connectivity index (χ4v) is 2.49. The highest BCUT2D eigenvalue weighted by molar-refractivity contribution is 7.80. The quantitative estimate of drug-likeness (QED) is 0.722. The lowest BCUT2D eigenvalue weighted by Gasteiger charge is -2.20. The fraction of sp³-hybridized carbons (Fsp3) is 0.250. The number of aryl methyl sites for hydroxylation is 1. The number of anilines is 1. The molecule has 0 heterocycles. The van der Waals surface area contributed by atoms with Crippen LogP contribution in [0.2, 0.25) is 0 Å². The summed E-state index contributed by atoms with van der Waals surface area (Å²) in [6, 6.07) is 14.2. The minimum Gasteiger partial charge on any atom is -0.347 e. The molecule has 2 rings (SSSR count). The van der Waals surface area contributed by atoms with E-state index in [1.54, 1.807) is 36.4 Å². The van der Waals surface area contributed by atoms with Crippen molar-refractivity contribution in [1.82, 2.24) is 10.6 Å². The van der Waals surface area contributed by atoms with Crippen LogP contribution in [0.15, 0.2) is 48.5 Å². The van der Waals surface area contributed by atoms with Gasteiger partial charge in [0.2, 0.25) is 0 Å². The number of thiocarbonyl (C=S) groups is 1. The number of hydrogen-bond donors (Lipinski definition) is 3. The van der Waals surface area contributed by atoms with Gasteiger partial charge in [0.25, 0.3) is 11.8 Å². The Bertz CT molecular complexity index is 824. The lowest BCUT2D eigenvalue weighted by atomic mass is 10.1. The molecule has 2 amide bonds. The number of amides is 2. The van der Waals surface area contributed by atoms with E-state index in [0.717, 1.165) is 5.56 Å². The summed E-state index contributed by atoms with van der Waals surface area (Å²) >= 11 is 5.19. The van der Waals surface area contributed by atoms with E-state index in [9.17, 15) is 9.59 Å². The molecule has 136 valence electrons. The molecule has 0 radical (unpaired) electrons. The number of carbonyl (C=O) groups is 2. The summed E-state index contributed by atoms with van der Waals surface area (Å²) in [5.74, 6) is -0.402. The van der Waals surface area contributed by atoms with Crippen molar-refractivity contribution >= 4 is 34.8 Å². The Morgan fingerprint density at radius 3 is 2.12 bits per heavy atom. The summed E-state index contributed by atoms with van der Waals surface area (Å²) in [5, 5.41) is 8.70. The molecule has 0 aliphatic carbocycles. The summed E-state index contributed by atoms with van der Waals surface area (Å²) in [4.78, 5) is 24.4. The number of nitrogens with one attached hydrogen (secondary N) is 3. The Morgan fingerprint density at radius 2 is 1.54 bits per heavy atom. The second-order valence-electron chi connectivity index (χ2n) is 7.00. The summed E-state index contributed by atoms with van der Waals surface area (Å²) < 4.78 is 0. The van der Waals surface area contributed by atoms with Crippen molar-refractivity contribution in [2.24, 2.45) is 0 Å². The van der Waals surface area contributed by atoms with E-state index in [1.165, 1.54) is 0 Å². The molecule has 0 aromatic heterocycles. The zero-order valence-electron chi connectivity index (χ0n) is 15.3. The predicted octanol–water partition coefficient (Wildman–Crippen LogP) is 3.65. The molecule has 0 aliphatic heterocycles. The number of rotatable bonds is 3. The third kappa shape index (κ3) is 5.67. The van der Waals surface area contributed by atoms with Gasteiger partial charge in [0, 0.05) is 22.4 Å². The molecule has 0 aliphatic rings. The van der Waals surface area contributed by atoms with Crippen molar-refractivity contribution in [2.75, 3.05) is 5.32 Å². The molecule has 0 fully saturated rings. The van der Waals surface area contributed by atoms with E-state index in [2.05, 4.69) is 16.0 Å². The average Bonchev–Trinajstić information content (AvgIpc) is 2.54. The zero-order chi connectivity index (χ0) is 19.3. The SMILES string of the molecule is Cc1ccccc1C(=O)NC(=S)Nc1ccc(C(=O)NC(C)(C)C)cc1. The van der Waals surface area contributed by atoms with Crippen molar-refractivity contribution in [1.29, 1.82) is 0 Å². The predicted molar refractivity (Wildman–Crippen MR) is 109 cm³/mol. The van der Waals surface area contributed by atoms with Gasteiger partial charge >= 0.3 is 0 Å². The van der Waals surface area contributed by atoms with Gasteiger partial charge in [0.1, 0.15) is 0 Å². The fourth-order valence-electron chi connectivity index (χ4n) is 2.28. The smallest absolute Gasteiger partial charge is 0.257 e. The molecule has 0 bridgehead atoms. The van der Waals surface area contributed by atoms with E-state index in [-0.39, 0.29) is 22.5 Å². The molecule has 2 aromatic carbocycles. The normalized spacial score (nSPS) is 10.8. The van der Waals surface area contributed by atoms with Crippen LogP contribution in [0.5, 0.6) is 0 Å². The van der Waals surface area contributed by atoms with Gasteiger partial charge in [-0.3, -0.25) is 14.9 Å². The number of benzene rings is 2. The van der Waals surface area contributed by atoms with Crippen molar-refractivity contribution in [3.8, 4) is 0 Å². The van der Waals surface area contributed by atoms with Gasteiger partial charge in [-0.05, 0) is 75.8 Å². The highest BCUT2D eigenvalue weighted by Crippen LogP contribution is 2.11. The molecule has 0 spiro atoms. The van der Waals surface area contributed by atoms with Crippen molar-refractivity contribution < 1.29 is 9.59 Å². The lowest BCUT2D eigenvalue weighted by Crippen LogP contribution is -2.40. The van der Waals surface area contributed by atoms with Gasteiger partial charge in [-0.2, -0.15) is 0 Å². The molecule has 3 N–H and O–H groups in total. The summed E-state index contributed by atoms with van der Waals surface area (Å²) in [6.07, 6.45) is 0. The van der Waals surface area contributed by atoms with Crippen LogP contribution in [-0.4, -0.2) is 22.5 Å². The third-order valence-electron chi connectivity index (χ3n) is 3.51. The van der Waals surface area contributed by atoms with Crippen LogP contribution in [0.25, 0.3) is 0 Å². The Balaban J connectivity index is 1.96. The van der Waals surface area contributed by atoms with Gasteiger partial charge in [-0.15, -0.1) is 0 Å². The van der Waals surface area contributed by atoms with E-state index in [1.807, 2.05) is 39.8 Å². The van der Waals surface area contributed by atoms with E-state index in [4.69, 9.17) is 12.2 Å². The standard InChI is InChI=1S/C20H23N3O2S/c1-13-7-5-6-8-16(13)18(25)22-19(26)21-15-11-9-14(10-12-15)17(24)23-20(2,3)4/h5-12H,1-4H3,(H,23,24)(H2,21,22,25,26). The molecule has 26 heavy (non-hydrogen) atoms. The van der Waals surface area contributed by atoms with Gasteiger partial charge in [-0.1, -0.05) is 18.2 Å². The average molecular weight is 369 g/mol. The summed E-state index contributed by atoms with van der Waals surface area (Å²) in [7, 11) is 0. The maximum absolute atomic E-state index is 12.3. The second kappa shape index (κ2) is 8.10. The monoisotopic (exact) mass is 369 g/mol. The molecule has 0 unspecified atom stereocenters. The topological polar surface area (TPSA) is 70.2 Å². The van der Waals surface area contributed by atoms with Gasteiger partial charge in [-0.25, -0.2) is 0 Å². The second-order valence-corrected chi connectivity index (χ2v) is 7.41. The van der Waals surface area contributed by atoms with E-state index < -0.39 is 0 Å². The molecule has 0 atom stereocenters. The minimum absolute atomic E-state index is 0.139. The van der Waals surface area contributed by atoms with Crippen molar-refractivity contribution in [3.05, 3.63) is 65.2 Å². The molecular formula is C20H23N3O2S. The summed E-state index contributed by atoms with van der Waals surface area (Å²) in [6.45, 7) is 7.65. The van der Waals surface area contributed by atoms with Crippen LogP contribution < -0.4 is 16.0 Å². The van der Waals surface area contributed by atoms with Crippen LogP contribution in [0.3, 0.4) is 0 Å². The highest BCUT2D eigenvalue weighted by Gasteiger charge is 2.15. The Morgan fingerprint density at radius 1 is 0.923 bits per heavy atom. The lowest BCUT2D eigenvalue weighted by molar-refractivity contribution is 0.0918. The van der Waals surface area contributed by atoms with Crippen molar-refractivity contribution in [3.63, 3.8) is 0 Å². The van der Waals surface area contributed by atoms with Gasteiger partial charge in [0.15, 0.2) is 5.11 Å². The van der Waals surface area contributed by atoms with Crippen LogP contribution in [0, 0.1) is 6.92 Å². The highest BCUT2D eigenvalue weighted by atomic mass is 32.1. The largest absolute Gasteiger partial charge is 0.347 e. The minimum atomic E-state index is -0.296. The van der Waals surface area contributed by atoms with Crippen molar-refractivity contribution in [2.45, 2.75) is 33.2 Å². The molecule has 2 aromatic rings. The molecule has 6 heteroatoms. The first-order valence-electron chi connectivity index (χ1n) is 8.26. The Hall–Kier alpha value is -2.73. The molecular weight excluding hydrogens is 346 g/mol. The first-order chi connectivity index (χ1) is 12.2. The Labute approximate surface area is 159 Å². The maximum atomic E-state index is 12.3. The molecule has 5 nitrogen and oxygen atoms in total. The molecule has 0 saturated carbocycles. The number of hydrogen-bond acceptors (Lipinski definition) is 3. The van der Waals surface area contributed by atoms with Crippen LogP contribution >= 0.6 is 12.2 Å².